The Hall–Kier alpha value is -1.82. The lowest BCUT2D eigenvalue weighted by atomic mass is 10.2. The van der Waals surface area contributed by atoms with Gasteiger partial charge < -0.3 is 15.4 Å². The highest BCUT2D eigenvalue weighted by Crippen LogP contribution is 2.13. The lowest BCUT2D eigenvalue weighted by Crippen LogP contribution is -2.49. The van der Waals surface area contributed by atoms with E-state index in [9.17, 15) is 4.79 Å². The molecule has 21 heavy (non-hydrogen) atoms. The highest BCUT2D eigenvalue weighted by Gasteiger charge is 2.25. The number of nitrogens with two attached hydrogens (primary N) is 1. The number of carbonyl (C=O) groups is 1. The Morgan fingerprint density at radius 1 is 1.33 bits per heavy atom. The second-order valence-corrected chi connectivity index (χ2v) is 6.33. The Balaban J connectivity index is 1.82. The third-order valence-electron chi connectivity index (χ3n) is 3.28. The molecular weight excluding hydrogens is 268 g/mol. The molecule has 1 aliphatic heterocycles. The molecule has 0 spiro atoms. The number of anilines is 1. The molecule has 0 saturated carbocycles. The molecule has 2 rings (SSSR count). The lowest BCUT2D eigenvalue weighted by Gasteiger charge is -2.35. The van der Waals surface area contributed by atoms with Gasteiger partial charge in [0.15, 0.2) is 0 Å². The number of carbonyl (C=O) groups excluding carboxylic acids is 1. The Kier molecular flexibility index (Phi) is 4.67. The van der Waals surface area contributed by atoms with Gasteiger partial charge in [-0.05, 0) is 38.5 Å². The molecule has 1 saturated heterocycles. The molecule has 1 aromatic rings. The highest BCUT2D eigenvalue weighted by molar-refractivity contribution is 5.68. The number of aromatic nitrogens is 1. The normalized spacial score (nSPS) is 16.8. The summed E-state index contributed by atoms with van der Waals surface area (Å²) in [6.07, 6.45) is 1.50. The van der Waals surface area contributed by atoms with Gasteiger partial charge in [0.2, 0.25) is 0 Å². The molecule has 0 unspecified atom stereocenters. The summed E-state index contributed by atoms with van der Waals surface area (Å²) in [5, 5.41) is 0. The van der Waals surface area contributed by atoms with Crippen LogP contribution in [0.2, 0.25) is 0 Å². The van der Waals surface area contributed by atoms with Gasteiger partial charge >= 0.3 is 6.09 Å². The maximum Gasteiger partial charge on any atom is 0.410 e. The van der Waals surface area contributed by atoms with E-state index in [1.807, 2.05) is 32.9 Å². The van der Waals surface area contributed by atoms with Gasteiger partial charge in [-0.3, -0.25) is 4.90 Å². The van der Waals surface area contributed by atoms with Gasteiger partial charge in [0.25, 0.3) is 0 Å². The number of nitrogen functional groups attached to an aromatic ring is 1. The maximum atomic E-state index is 12.0. The summed E-state index contributed by atoms with van der Waals surface area (Å²) in [4.78, 5) is 20.0. The first kappa shape index (κ1) is 15.6. The van der Waals surface area contributed by atoms with Crippen LogP contribution in [0.3, 0.4) is 0 Å². The number of amides is 1. The molecule has 0 aromatic carbocycles. The predicted octanol–water partition coefficient (Wildman–Crippen LogP) is 1.72. The minimum Gasteiger partial charge on any atom is -0.444 e. The molecule has 1 aliphatic rings. The van der Waals surface area contributed by atoms with Gasteiger partial charge in [0.05, 0.1) is 0 Å². The standard InChI is InChI=1S/C15H24N4O2/c1-15(2,3)21-14(20)19-8-6-18(7-9-19)11-12-4-5-17-13(16)10-12/h4-5,10H,6-9,11H2,1-3H3,(H2,16,17). The van der Waals surface area contributed by atoms with Crippen LogP contribution in [0.15, 0.2) is 18.3 Å². The second-order valence-electron chi connectivity index (χ2n) is 6.33. The van der Waals surface area contributed by atoms with Crippen molar-refractivity contribution < 1.29 is 9.53 Å². The first-order valence-electron chi connectivity index (χ1n) is 7.24. The molecule has 1 fully saturated rings. The average Bonchev–Trinajstić information content (AvgIpc) is 2.37. The van der Waals surface area contributed by atoms with Crippen molar-refractivity contribution in [1.29, 1.82) is 0 Å². The van der Waals surface area contributed by atoms with E-state index >= 15 is 0 Å². The minimum atomic E-state index is -0.442. The summed E-state index contributed by atoms with van der Waals surface area (Å²) in [7, 11) is 0. The third kappa shape index (κ3) is 4.90. The first-order chi connectivity index (χ1) is 9.83. The van der Waals surface area contributed by atoms with E-state index in [-0.39, 0.29) is 6.09 Å². The number of rotatable bonds is 2. The quantitative estimate of drug-likeness (QED) is 0.898. The Bertz CT molecular complexity index is 491. The number of pyridine rings is 1. The zero-order valence-electron chi connectivity index (χ0n) is 13.0. The van der Waals surface area contributed by atoms with E-state index in [1.54, 1.807) is 11.1 Å². The van der Waals surface area contributed by atoms with E-state index in [2.05, 4.69) is 9.88 Å². The Labute approximate surface area is 125 Å². The second kappa shape index (κ2) is 6.30. The Morgan fingerprint density at radius 2 is 2.00 bits per heavy atom. The Morgan fingerprint density at radius 3 is 2.57 bits per heavy atom. The van der Waals surface area contributed by atoms with Crippen LogP contribution in [0.5, 0.6) is 0 Å². The van der Waals surface area contributed by atoms with Gasteiger partial charge in [0.1, 0.15) is 11.4 Å². The summed E-state index contributed by atoms with van der Waals surface area (Å²) in [6, 6.07) is 3.86. The molecule has 1 amide bonds. The van der Waals surface area contributed by atoms with Crippen molar-refractivity contribution in [1.82, 2.24) is 14.8 Å². The monoisotopic (exact) mass is 292 g/mol. The fourth-order valence-electron chi connectivity index (χ4n) is 2.27. The van der Waals surface area contributed by atoms with Gasteiger partial charge in [0, 0.05) is 38.9 Å². The van der Waals surface area contributed by atoms with Crippen molar-refractivity contribution in [2.24, 2.45) is 0 Å². The number of hydrogen-bond acceptors (Lipinski definition) is 5. The van der Waals surface area contributed by atoms with Gasteiger partial charge in [-0.2, -0.15) is 0 Å². The molecule has 1 aromatic heterocycles. The van der Waals surface area contributed by atoms with Crippen molar-refractivity contribution in [2.75, 3.05) is 31.9 Å². The van der Waals surface area contributed by atoms with Crippen molar-refractivity contribution >= 4 is 11.9 Å². The summed E-state index contributed by atoms with van der Waals surface area (Å²) < 4.78 is 5.39. The van der Waals surface area contributed by atoms with Crippen LogP contribution in [0.4, 0.5) is 10.6 Å². The number of piperazine rings is 1. The van der Waals surface area contributed by atoms with Crippen LogP contribution < -0.4 is 5.73 Å². The van der Waals surface area contributed by atoms with Crippen molar-refractivity contribution in [3.05, 3.63) is 23.9 Å². The van der Waals surface area contributed by atoms with E-state index in [0.717, 1.165) is 25.2 Å². The number of nitrogens with zero attached hydrogens (tertiary/aromatic N) is 3. The van der Waals surface area contributed by atoms with Crippen LogP contribution in [-0.4, -0.2) is 52.7 Å². The van der Waals surface area contributed by atoms with Gasteiger partial charge in [-0.15, -0.1) is 0 Å². The number of ether oxygens (including phenoxy) is 1. The zero-order valence-corrected chi connectivity index (χ0v) is 13.0. The first-order valence-corrected chi connectivity index (χ1v) is 7.24. The minimum absolute atomic E-state index is 0.227. The third-order valence-corrected chi connectivity index (χ3v) is 3.28. The topological polar surface area (TPSA) is 71.7 Å². The molecule has 0 bridgehead atoms. The van der Waals surface area contributed by atoms with Crippen molar-refractivity contribution in [3.63, 3.8) is 0 Å². The van der Waals surface area contributed by atoms with Crippen molar-refractivity contribution in [2.45, 2.75) is 32.9 Å². The van der Waals surface area contributed by atoms with Gasteiger partial charge in [-0.25, -0.2) is 9.78 Å². The summed E-state index contributed by atoms with van der Waals surface area (Å²) >= 11 is 0. The van der Waals surface area contributed by atoms with Gasteiger partial charge in [-0.1, -0.05) is 0 Å². The molecule has 2 heterocycles. The van der Waals surface area contributed by atoms with Crippen LogP contribution in [-0.2, 0) is 11.3 Å². The van der Waals surface area contributed by atoms with E-state index < -0.39 is 5.60 Å². The fraction of sp³-hybridized carbons (Fsp3) is 0.600. The summed E-state index contributed by atoms with van der Waals surface area (Å²) in [5.41, 5.74) is 6.39. The molecule has 0 aliphatic carbocycles. The SMILES string of the molecule is CC(C)(C)OC(=O)N1CCN(Cc2ccnc(N)c2)CC1. The van der Waals surface area contributed by atoms with Crippen LogP contribution in [0.1, 0.15) is 26.3 Å². The summed E-state index contributed by atoms with van der Waals surface area (Å²) in [6.45, 7) is 9.53. The smallest absolute Gasteiger partial charge is 0.410 e. The molecule has 6 nitrogen and oxygen atoms in total. The molecule has 0 radical (unpaired) electrons. The van der Waals surface area contributed by atoms with E-state index in [0.29, 0.717) is 18.9 Å². The molecule has 0 atom stereocenters. The van der Waals surface area contributed by atoms with Crippen LogP contribution in [0, 0.1) is 0 Å². The van der Waals surface area contributed by atoms with Crippen LogP contribution in [0.25, 0.3) is 0 Å². The maximum absolute atomic E-state index is 12.0. The fourth-order valence-corrected chi connectivity index (χ4v) is 2.27. The zero-order chi connectivity index (χ0) is 15.5. The average molecular weight is 292 g/mol. The molecular formula is C15H24N4O2. The van der Waals surface area contributed by atoms with Crippen molar-refractivity contribution in [3.8, 4) is 0 Å². The molecule has 2 N–H and O–H groups in total. The lowest BCUT2D eigenvalue weighted by molar-refractivity contribution is 0.0139. The molecule has 116 valence electrons. The number of hydrogen-bond donors (Lipinski definition) is 1. The molecule has 6 heteroatoms. The largest absolute Gasteiger partial charge is 0.444 e. The highest BCUT2D eigenvalue weighted by atomic mass is 16.6. The summed E-state index contributed by atoms with van der Waals surface area (Å²) in [5.74, 6) is 0.542. The predicted molar refractivity (Wildman–Crippen MR) is 81.7 cm³/mol. The van der Waals surface area contributed by atoms with Crippen LogP contribution >= 0.6 is 0 Å². The van der Waals surface area contributed by atoms with E-state index in [1.165, 1.54) is 0 Å². The van der Waals surface area contributed by atoms with E-state index in [4.69, 9.17) is 10.5 Å².